The molecule has 0 radical (unpaired) electrons. The van der Waals surface area contributed by atoms with Crippen molar-refractivity contribution in [1.29, 1.82) is 0 Å². The van der Waals surface area contributed by atoms with Crippen molar-refractivity contribution in [3.8, 4) is 0 Å². The lowest BCUT2D eigenvalue weighted by molar-refractivity contribution is 0.557. The number of benzene rings is 2. The van der Waals surface area contributed by atoms with Gasteiger partial charge in [0.25, 0.3) is 0 Å². The zero-order valence-electron chi connectivity index (χ0n) is 10.0. The highest BCUT2D eigenvalue weighted by atomic mass is 35.5. The van der Waals surface area contributed by atoms with Gasteiger partial charge in [-0.1, -0.05) is 46.9 Å². The molecule has 20 heavy (non-hydrogen) atoms. The fraction of sp³-hybridized carbons (Fsp3) is 0.0667. The van der Waals surface area contributed by atoms with E-state index >= 15 is 0 Å². The van der Waals surface area contributed by atoms with E-state index in [1.165, 1.54) is 0 Å². The van der Waals surface area contributed by atoms with Gasteiger partial charge in [0.05, 0.1) is 5.02 Å². The highest BCUT2D eigenvalue weighted by Gasteiger charge is 2.17. The van der Waals surface area contributed by atoms with E-state index in [1.54, 1.807) is 24.3 Å². The van der Waals surface area contributed by atoms with Crippen LogP contribution in [0.25, 0.3) is 11.0 Å². The summed E-state index contributed by atoms with van der Waals surface area (Å²) in [6.07, 6.45) is 0. The Labute approximate surface area is 136 Å². The molecule has 0 saturated carbocycles. The highest BCUT2D eigenvalue weighted by molar-refractivity contribution is 6.38. The van der Waals surface area contributed by atoms with Crippen LogP contribution in [0, 0.1) is 0 Å². The summed E-state index contributed by atoms with van der Waals surface area (Å²) in [6, 6.07) is 12.6. The van der Waals surface area contributed by atoms with Gasteiger partial charge in [0, 0.05) is 15.4 Å². The predicted octanol–water partition coefficient (Wildman–Crippen LogP) is 6.72. The number of hydrogen-bond donors (Lipinski definition) is 0. The average molecular weight is 346 g/mol. The van der Waals surface area contributed by atoms with E-state index in [-0.39, 0.29) is 0 Å². The van der Waals surface area contributed by atoms with Crippen LogP contribution in [0.5, 0.6) is 0 Å². The van der Waals surface area contributed by atoms with E-state index in [2.05, 4.69) is 0 Å². The minimum absolute atomic E-state index is 0.408. The number of rotatable bonds is 2. The Balaban J connectivity index is 2.05. The van der Waals surface area contributed by atoms with E-state index in [0.717, 1.165) is 10.9 Å². The fourth-order valence-electron chi connectivity index (χ4n) is 2.02. The summed E-state index contributed by atoms with van der Waals surface area (Å²) >= 11 is 24.4. The normalized spacial score (nSPS) is 12.8. The number of hydrogen-bond acceptors (Lipinski definition) is 1. The molecule has 5 heteroatoms. The zero-order valence-corrected chi connectivity index (χ0v) is 13.1. The first-order valence-corrected chi connectivity index (χ1v) is 7.39. The monoisotopic (exact) mass is 344 g/mol. The van der Waals surface area contributed by atoms with Crippen molar-refractivity contribution < 1.29 is 4.42 Å². The second kappa shape index (κ2) is 5.50. The van der Waals surface area contributed by atoms with Crippen molar-refractivity contribution in [1.82, 2.24) is 0 Å². The third-order valence-electron chi connectivity index (χ3n) is 2.97. The van der Waals surface area contributed by atoms with Crippen LogP contribution in [0.4, 0.5) is 0 Å². The minimum atomic E-state index is -0.408. The van der Waals surface area contributed by atoms with Crippen molar-refractivity contribution in [2.75, 3.05) is 0 Å². The Bertz CT molecular complexity index is 761. The second-order valence-electron chi connectivity index (χ2n) is 4.37. The van der Waals surface area contributed by atoms with Crippen molar-refractivity contribution >= 4 is 57.4 Å². The van der Waals surface area contributed by atoms with Crippen LogP contribution < -0.4 is 0 Å². The third-order valence-corrected chi connectivity index (χ3v) is 4.19. The van der Waals surface area contributed by atoms with E-state index in [9.17, 15) is 0 Å². The summed E-state index contributed by atoms with van der Waals surface area (Å²) in [5.74, 6) is 0.619. The molecule has 1 atom stereocenters. The molecule has 0 bridgehead atoms. The summed E-state index contributed by atoms with van der Waals surface area (Å²) in [5, 5.41) is 2.12. The van der Waals surface area contributed by atoms with Crippen LogP contribution in [0.1, 0.15) is 16.7 Å². The maximum absolute atomic E-state index is 6.43. The number of halogens is 4. The molecular formula is C15H8Cl4O. The number of alkyl halides is 1. The standard InChI is InChI=1S/C15H8Cl4O/c16-10-3-1-8(2-4-10)14(19)13-6-9-5-11(17)7-12(18)15(9)20-13/h1-7,14H. The smallest absolute Gasteiger partial charge is 0.153 e. The molecule has 1 nitrogen and oxygen atoms in total. The molecule has 0 N–H and O–H groups in total. The van der Waals surface area contributed by atoms with Crippen LogP contribution in [0.15, 0.2) is 46.9 Å². The summed E-state index contributed by atoms with van der Waals surface area (Å²) in [7, 11) is 0. The van der Waals surface area contributed by atoms with Crippen LogP contribution >= 0.6 is 46.4 Å². The van der Waals surface area contributed by atoms with Crippen LogP contribution in [-0.2, 0) is 0 Å². The van der Waals surface area contributed by atoms with Crippen LogP contribution in [0.3, 0.4) is 0 Å². The summed E-state index contributed by atoms with van der Waals surface area (Å²) in [5.41, 5.74) is 1.49. The average Bonchev–Trinajstić information content (AvgIpc) is 2.83. The highest BCUT2D eigenvalue weighted by Crippen LogP contribution is 2.37. The molecule has 0 saturated heterocycles. The predicted molar refractivity (Wildman–Crippen MR) is 85.4 cm³/mol. The quantitative estimate of drug-likeness (QED) is 0.470. The third kappa shape index (κ3) is 2.64. The molecule has 0 fully saturated rings. The summed E-state index contributed by atoms with van der Waals surface area (Å²) < 4.78 is 5.74. The molecule has 0 aliphatic rings. The van der Waals surface area contributed by atoms with E-state index in [1.807, 2.05) is 18.2 Å². The fourth-order valence-corrected chi connectivity index (χ4v) is 2.94. The maximum atomic E-state index is 6.43. The lowest BCUT2D eigenvalue weighted by Gasteiger charge is -2.06. The van der Waals surface area contributed by atoms with Crippen molar-refractivity contribution in [3.05, 3.63) is 68.9 Å². The van der Waals surface area contributed by atoms with Gasteiger partial charge in [-0.15, -0.1) is 11.6 Å². The molecule has 102 valence electrons. The van der Waals surface area contributed by atoms with Crippen LogP contribution in [-0.4, -0.2) is 0 Å². The van der Waals surface area contributed by atoms with E-state index in [0.29, 0.717) is 26.4 Å². The molecule has 2 aromatic carbocycles. The van der Waals surface area contributed by atoms with Gasteiger partial charge >= 0.3 is 0 Å². The molecule has 3 rings (SSSR count). The first kappa shape index (κ1) is 14.1. The molecular weight excluding hydrogens is 338 g/mol. The van der Waals surface area contributed by atoms with Crippen molar-refractivity contribution in [3.63, 3.8) is 0 Å². The van der Waals surface area contributed by atoms with Gasteiger partial charge in [-0.05, 0) is 35.9 Å². The SMILES string of the molecule is Clc1ccc(C(Cl)c2cc3cc(Cl)cc(Cl)c3o2)cc1. The van der Waals surface area contributed by atoms with E-state index in [4.69, 9.17) is 50.8 Å². The lowest BCUT2D eigenvalue weighted by Crippen LogP contribution is -1.90. The van der Waals surface area contributed by atoms with Crippen LogP contribution in [0.2, 0.25) is 15.1 Å². The maximum Gasteiger partial charge on any atom is 0.153 e. The second-order valence-corrected chi connectivity index (χ2v) is 6.09. The Hall–Kier alpha value is -0.860. The Morgan fingerprint density at radius 1 is 0.850 bits per heavy atom. The Morgan fingerprint density at radius 2 is 1.55 bits per heavy atom. The first-order chi connectivity index (χ1) is 9.54. The zero-order chi connectivity index (χ0) is 14.3. The molecule has 0 aliphatic heterocycles. The van der Waals surface area contributed by atoms with Gasteiger partial charge in [-0.25, -0.2) is 0 Å². The molecule has 0 aliphatic carbocycles. The summed E-state index contributed by atoms with van der Waals surface area (Å²) in [4.78, 5) is 0. The molecule has 1 unspecified atom stereocenters. The van der Waals surface area contributed by atoms with Gasteiger partial charge in [-0.2, -0.15) is 0 Å². The van der Waals surface area contributed by atoms with Gasteiger partial charge in [0.1, 0.15) is 11.1 Å². The first-order valence-electron chi connectivity index (χ1n) is 5.82. The largest absolute Gasteiger partial charge is 0.458 e. The Kier molecular flexibility index (Phi) is 3.87. The molecule has 1 aromatic heterocycles. The number of furan rings is 1. The molecule has 3 aromatic rings. The van der Waals surface area contributed by atoms with Crippen molar-refractivity contribution in [2.45, 2.75) is 5.38 Å². The number of fused-ring (bicyclic) bond motifs is 1. The van der Waals surface area contributed by atoms with Gasteiger partial charge in [0.15, 0.2) is 5.58 Å². The Morgan fingerprint density at radius 3 is 2.25 bits per heavy atom. The lowest BCUT2D eigenvalue weighted by atomic mass is 10.1. The topological polar surface area (TPSA) is 13.1 Å². The molecule has 0 spiro atoms. The molecule has 0 amide bonds. The van der Waals surface area contributed by atoms with Gasteiger partial charge in [-0.3, -0.25) is 0 Å². The van der Waals surface area contributed by atoms with Gasteiger partial charge < -0.3 is 4.42 Å². The molecule has 1 heterocycles. The van der Waals surface area contributed by atoms with E-state index < -0.39 is 5.38 Å². The summed E-state index contributed by atoms with van der Waals surface area (Å²) in [6.45, 7) is 0. The minimum Gasteiger partial charge on any atom is -0.458 e. The van der Waals surface area contributed by atoms with Gasteiger partial charge in [0.2, 0.25) is 0 Å². The van der Waals surface area contributed by atoms with Crippen molar-refractivity contribution in [2.24, 2.45) is 0 Å².